The lowest BCUT2D eigenvalue weighted by Crippen LogP contribution is -2.30. The third kappa shape index (κ3) is 2.61. The van der Waals surface area contributed by atoms with Crippen LogP contribution in [0.4, 0.5) is 0 Å². The lowest BCUT2D eigenvalue weighted by atomic mass is 9.65. The molecule has 0 bridgehead atoms. The number of hydrogen-bond donors (Lipinski definition) is 0. The Balaban J connectivity index is 1.64. The molecule has 0 aliphatic heterocycles. The number of aryl methyl sites for hydroxylation is 2. The molecule has 126 valence electrons. The van der Waals surface area contributed by atoms with E-state index in [9.17, 15) is 0 Å². The standard InChI is InChI=1S/C24H30/c1-15-7-5-9-21-17(3)11-19(13-23(15)21)20-12-18(4)22-10-6-8-16(2)24(22)14-20/h5-10,17-20H,11-14H2,1-4H3. The Morgan fingerprint density at radius 2 is 1.08 bits per heavy atom. The Kier molecular flexibility index (Phi) is 4.03. The Hall–Kier alpha value is -1.56. The van der Waals surface area contributed by atoms with E-state index < -0.39 is 0 Å². The normalized spacial score (nSPS) is 29.0. The summed E-state index contributed by atoms with van der Waals surface area (Å²) in [5, 5.41) is 0. The first-order valence-corrected chi connectivity index (χ1v) is 9.71. The summed E-state index contributed by atoms with van der Waals surface area (Å²) in [5.41, 5.74) is 9.56. The van der Waals surface area contributed by atoms with E-state index in [2.05, 4.69) is 64.1 Å². The zero-order chi connectivity index (χ0) is 16.8. The number of hydrogen-bond acceptors (Lipinski definition) is 0. The summed E-state index contributed by atoms with van der Waals surface area (Å²) in [6.07, 6.45) is 5.33. The van der Waals surface area contributed by atoms with Gasteiger partial charge in [-0.2, -0.15) is 0 Å². The summed E-state index contributed by atoms with van der Waals surface area (Å²) in [4.78, 5) is 0. The largest absolute Gasteiger partial charge is 0.0617 e. The maximum absolute atomic E-state index is 2.44. The van der Waals surface area contributed by atoms with Gasteiger partial charge in [0.25, 0.3) is 0 Å². The molecule has 2 aromatic carbocycles. The average Bonchev–Trinajstić information content (AvgIpc) is 2.56. The van der Waals surface area contributed by atoms with Crippen molar-refractivity contribution in [2.75, 3.05) is 0 Å². The fourth-order valence-corrected chi connectivity index (χ4v) is 5.50. The summed E-state index contributed by atoms with van der Waals surface area (Å²) in [6, 6.07) is 13.8. The van der Waals surface area contributed by atoms with Crippen molar-refractivity contribution in [3.8, 4) is 0 Å². The zero-order valence-electron chi connectivity index (χ0n) is 15.6. The molecule has 2 aromatic rings. The van der Waals surface area contributed by atoms with Crippen molar-refractivity contribution < 1.29 is 0 Å². The molecule has 2 aliphatic carbocycles. The van der Waals surface area contributed by atoms with Crippen molar-refractivity contribution in [3.63, 3.8) is 0 Å². The minimum absolute atomic E-state index is 0.715. The maximum Gasteiger partial charge on any atom is -0.0185 e. The van der Waals surface area contributed by atoms with Gasteiger partial charge in [0.2, 0.25) is 0 Å². The first-order chi connectivity index (χ1) is 11.5. The molecular formula is C24H30. The van der Waals surface area contributed by atoms with E-state index in [1.807, 2.05) is 0 Å². The lowest BCUT2D eigenvalue weighted by Gasteiger charge is -2.40. The van der Waals surface area contributed by atoms with Crippen LogP contribution in [0, 0.1) is 25.7 Å². The van der Waals surface area contributed by atoms with E-state index in [0.717, 1.165) is 11.8 Å². The highest BCUT2D eigenvalue weighted by atomic mass is 14.4. The molecule has 4 rings (SSSR count). The second-order valence-electron chi connectivity index (χ2n) is 8.49. The molecular weight excluding hydrogens is 288 g/mol. The fourth-order valence-electron chi connectivity index (χ4n) is 5.50. The number of rotatable bonds is 1. The first kappa shape index (κ1) is 15.9. The SMILES string of the molecule is Cc1cccc2c1CC(C1Cc3c(C)cccc3C(C)C1)CC2C. The predicted octanol–water partition coefficient (Wildman–Crippen LogP) is 6.34. The van der Waals surface area contributed by atoms with Crippen LogP contribution in [0.5, 0.6) is 0 Å². The van der Waals surface area contributed by atoms with Crippen molar-refractivity contribution in [2.24, 2.45) is 11.8 Å². The van der Waals surface area contributed by atoms with E-state index in [1.165, 1.54) is 36.8 Å². The maximum atomic E-state index is 2.44. The van der Waals surface area contributed by atoms with Crippen molar-refractivity contribution in [1.82, 2.24) is 0 Å². The molecule has 0 nitrogen and oxygen atoms in total. The van der Waals surface area contributed by atoms with Crippen LogP contribution in [-0.2, 0) is 12.8 Å². The second-order valence-corrected chi connectivity index (χ2v) is 8.49. The fraction of sp³-hybridized carbons (Fsp3) is 0.500. The van der Waals surface area contributed by atoms with Gasteiger partial charge in [-0.05, 0) is 96.6 Å². The average molecular weight is 319 g/mol. The van der Waals surface area contributed by atoms with Crippen LogP contribution >= 0.6 is 0 Å². The smallest absolute Gasteiger partial charge is 0.0185 e. The molecule has 0 heterocycles. The summed E-state index contributed by atoms with van der Waals surface area (Å²) < 4.78 is 0. The van der Waals surface area contributed by atoms with E-state index >= 15 is 0 Å². The van der Waals surface area contributed by atoms with Gasteiger partial charge in [0, 0.05) is 0 Å². The molecule has 0 fully saturated rings. The van der Waals surface area contributed by atoms with Gasteiger partial charge in [0.15, 0.2) is 0 Å². The van der Waals surface area contributed by atoms with Crippen molar-refractivity contribution in [2.45, 2.75) is 65.2 Å². The van der Waals surface area contributed by atoms with Gasteiger partial charge in [-0.1, -0.05) is 50.2 Å². The van der Waals surface area contributed by atoms with E-state index in [-0.39, 0.29) is 0 Å². The monoisotopic (exact) mass is 318 g/mol. The minimum Gasteiger partial charge on any atom is -0.0617 e. The highest BCUT2D eigenvalue weighted by Crippen LogP contribution is 2.45. The van der Waals surface area contributed by atoms with E-state index in [4.69, 9.17) is 0 Å². The summed E-state index contributed by atoms with van der Waals surface area (Å²) in [5.74, 6) is 3.13. The van der Waals surface area contributed by atoms with Gasteiger partial charge < -0.3 is 0 Å². The van der Waals surface area contributed by atoms with Crippen LogP contribution in [0.1, 0.15) is 71.9 Å². The van der Waals surface area contributed by atoms with Crippen molar-refractivity contribution in [1.29, 1.82) is 0 Å². The molecule has 2 aliphatic rings. The van der Waals surface area contributed by atoms with Gasteiger partial charge in [0.05, 0.1) is 0 Å². The van der Waals surface area contributed by atoms with Crippen molar-refractivity contribution >= 4 is 0 Å². The number of fused-ring (bicyclic) bond motifs is 2. The summed E-state index contributed by atoms with van der Waals surface area (Å²) in [7, 11) is 0. The molecule has 4 unspecified atom stereocenters. The molecule has 0 amide bonds. The lowest BCUT2D eigenvalue weighted by molar-refractivity contribution is 0.241. The van der Waals surface area contributed by atoms with Crippen LogP contribution in [0.2, 0.25) is 0 Å². The molecule has 0 aromatic heterocycles. The Labute approximate surface area is 147 Å². The third-order valence-electron chi connectivity index (χ3n) is 6.87. The van der Waals surface area contributed by atoms with E-state index in [1.54, 1.807) is 22.3 Å². The molecule has 0 N–H and O–H groups in total. The van der Waals surface area contributed by atoms with Gasteiger partial charge in [-0.15, -0.1) is 0 Å². The van der Waals surface area contributed by atoms with Crippen LogP contribution in [0.25, 0.3) is 0 Å². The van der Waals surface area contributed by atoms with Crippen LogP contribution in [0.3, 0.4) is 0 Å². The quantitative estimate of drug-likeness (QED) is 0.576. The third-order valence-corrected chi connectivity index (χ3v) is 6.87. The summed E-state index contributed by atoms with van der Waals surface area (Å²) in [6.45, 7) is 9.49. The molecule has 4 atom stereocenters. The highest BCUT2D eigenvalue weighted by Gasteiger charge is 2.34. The summed E-state index contributed by atoms with van der Waals surface area (Å²) >= 11 is 0. The zero-order valence-corrected chi connectivity index (χ0v) is 15.6. The molecule has 0 spiro atoms. The Bertz CT molecular complexity index is 689. The molecule has 0 radical (unpaired) electrons. The Morgan fingerprint density at radius 3 is 1.50 bits per heavy atom. The van der Waals surface area contributed by atoms with Gasteiger partial charge in [-0.25, -0.2) is 0 Å². The molecule has 0 saturated heterocycles. The van der Waals surface area contributed by atoms with Gasteiger partial charge in [-0.3, -0.25) is 0 Å². The van der Waals surface area contributed by atoms with Crippen LogP contribution in [-0.4, -0.2) is 0 Å². The van der Waals surface area contributed by atoms with Crippen molar-refractivity contribution in [3.05, 3.63) is 69.8 Å². The van der Waals surface area contributed by atoms with Gasteiger partial charge in [0.1, 0.15) is 0 Å². The molecule has 0 saturated carbocycles. The highest BCUT2D eigenvalue weighted by molar-refractivity contribution is 5.41. The number of benzene rings is 2. The van der Waals surface area contributed by atoms with Crippen LogP contribution < -0.4 is 0 Å². The second kappa shape index (κ2) is 6.06. The topological polar surface area (TPSA) is 0 Å². The predicted molar refractivity (Wildman–Crippen MR) is 103 cm³/mol. The van der Waals surface area contributed by atoms with Crippen LogP contribution in [0.15, 0.2) is 36.4 Å². The molecule has 24 heavy (non-hydrogen) atoms. The Morgan fingerprint density at radius 1 is 0.667 bits per heavy atom. The molecule has 0 heteroatoms. The van der Waals surface area contributed by atoms with E-state index in [0.29, 0.717) is 11.8 Å². The minimum atomic E-state index is 0.715. The first-order valence-electron chi connectivity index (χ1n) is 9.71. The van der Waals surface area contributed by atoms with Gasteiger partial charge >= 0.3 is 0 Å².